The Kier molecular flexibility index (Phi) is 6.46. The van der Waals surface area contributed by atoms with E-state index < -0.39 is 36.0 Å². The van der Waals surface area contributed by atoms with Gasteiger partial charge in [0.15, 0.2) is 11.8 Å². The van der Waals surface area contributed by atoms with E-state index in [0.29, 0.717) is 5.56 Å². The molecule has 2 N–H and O–H groups in total. The summed E-state index contributed by atoms with van der Waals surface area (Å²) in [6, 6.07) is 2.93. The molecule has 7 nitrogen and oxygen atoms in total. The van der Waals surface area contributed by atoms with Crippen molar-refractivity contribution in [3.8, 4) is 0 Å². The second-order valence-electron chi connectivity index (χ2n) is 4.38. The fourth-order valence-electron chi connectivity index (χ4n) is 1.64. The number of ether oxygens (including phenoxy) is 2. The first-order valence-electron chi connectivity index (χ1n) is 6.34. The zero-order valence-corrected chi connectivity index (χ0v) is 12.4. The highest BCUT2D eigenvalue weighted by Crippen LogP contribution is 2.17. The van der Waals surface area contributed by atoms with Crippen molar-refractivity contribution in [1.82, 2.24) is 5.43 Å². The minimum Gasteiger partial charge on any atom is -0.469 e. The summed E-state index contributed by atoms with van der Waals surface area (Å²) in [6.07, 6.45) is -0.610. The van der Waals surface area contributed by atoms with Gasteiger partial charge in [-0.25, -0.2) is 14.6 Å². The SMILES string of the molecule is COC(=O)CC(=O)C(NNc1c(C)cccc1F)C(=O)OC. The van der Waals surface area contributed by atoms with Crippen LogP contribution in [0.5, 0.6) is 0 Å². The zero-order chi connectivity index (χ0) is 16.7. The van der Waals surface area contributed by atoms with Crippen LogP contribution in [0.15, 0.2) is 18.2 Å². The number of methoxy groups -OCH3 is 2. The summed E-state index contributed by atoms with van der Waals surface area (Å²) >= 11 is 0. The molecule has 0 aliphatic heterocycles. The van der Waals surface area contributed by atoms with Gasteiger partial charge >= 0.3 is 11.9 Å². The highest BCUT2D eigenvalue weighted by molar-refractivity contribution is 6.09. The zero-order valence-electron chi connectivity index (χ0n) is 12.4. The van der Waals surface area contributed by atoms with Crippen molar-refractivity contribution < 1.29 is 28.2 Å². The molecule has 1 unspecified atom stereocenters. The Bertz CT molecular complexity index is 556. The Morgan fingerprint density at radius 2 is 1.91 bits per heavy atom. The van der Waals surface area contributed by atoms with Gasteiger partial charge in [0, 0.05) is 0 Å². The molecule has 0 amide bonds. The number of hydrogen-bond acceptors (Lipinski definition) is 7. The highest BCUT2D eigenvalue weighted by Gasteiger charge is 2.29. The fraction of sp³-hybridized carbons (Fsp3) is 0.357. The highest BCUT2D eigenvalue weighted by atomic mass is 19.1. The molecule has 1 atom stereocenters. The van der Waals surface area contributed by atoms with Gasteiger partial charge in [0.1, 0.15) is 12.2 Å². The molecule has 0 saturated heterocycles. The molecule has 0 radical (unpaired) electrons. The van der Waals surface area contributed by atoms with Crippen molar-refractivity contribution in [1.29, 1.82) is 0 Å². The molecule has 1 aromatic carbocycles. The molecule has 22 heavy (non-hydrogen) atoms. The number of para-hydroxylation sites is 1. The summed E-state index contributed by atoms with van der Waals surface area (Å²) < 4.78 is 22.5. The van der Waals surface area contributed by atoms with Crippen molar-refractivity contribution in [2.24, 2.45) is 0 Å². The van der Waals surface area contributed by atoms with Crippen LogP contribution >= 0.6 is 0 Å². The van der Waals surface area contributed by atoms with E-state index in [1.54, 1.807) is 13.0 Å². The third-order valence-electron chi connectivity index (χ3n) is 2.87. The molecule has 120 valence electrons. The van der Waals surface area contributed by atoms with Crippen LogP contribution in [0.4, 0.5) is 10.1 Å². The number of aryl methyl sites for hydroxylation is 1. The summed E-state index contributed by atoms with van der Waals surface area (Å²) in [7, 11) is 2.22. The number of rotatable bonds is 7. The fourth-order valence-corrected chi connectivity index (χ4v) is 1.64. The maximum Gasteiger partial charge on any atom is 0.332 e. The number of hydrazine groups is 1. The third kappa shape index (κ3) is 4.52. The first kappa shape index (κ1) is 17.6. The van der Waals surface area contributed by atoms with Crippen molar-refractivity contribution in [2.45, 2.75) is 19.4 Å². The van der Waals surface area contributed by atoms with E-state index in [-0.39, 0.29) is 5.69 Å². The minimum atomic E-state index is -1.47. The van der Waals surface area contributed by atoms with E-state index in [2.05, 4.69) is 20.3 Å². The number of hydrogen-bond donors (Lipinski definition) is 2. The molecule has 1 rings (SSSR count). The first-order valence-corrected chi connectivity index (χ1v) is 6.34. The monoisotopic (exact) mass is 312 g/mol. The first-order chi connectivity index (χ1) is 10.4. The Morgan fingerprint density at radius 3 is 2.45 bits per heavy atom. The van der Waals surface area contributed by atoms with Crippen molar-refractivity contribution in [2.75, 3.05) is 19.6 Å². The van der Waals surface area contributed by atoms with Crippen molar-refractivity contribution >= 4 is 23.4 Å². The van der Waals surface area contributed by atoms with E-state index in [9.17, 15) is 18.8 Å². The number of ketones is 1. The van der Waals surface area contributed by atoms with E-state index in [0.717, 1.165) is 14.2 Å². The molecule has 0 saturated carbocycles. The van der Waals surface area contributed by atoms with Crippen LogP contribution < -0.4 is 10.9 Å². The van der Waals surface area contributed by atoms with Crippen LogP contribution in [-0.4, -0.2) is 38.0 Å². The maximum atomic E-state index is 13.7. The minimum absolute atomic E-state index is 0.0854. The predicted octanol–water partition coefficient (Wildman–Crippen LogP) is 0.724. The maximum absolute atomic E-state index is 13.7. The van der Waals surface area contributed by atoms with E-state index >= 15 is 0 Å². The lowest BCUT2D eigenvalue weighted by atomic mass is 10.1. The molecule has 8 heteroatoms. The average Bonchev–Trinajstić information content (AvgIpc) is 2.49. The molecule has 0 aromatic heterocycles. The van der Waals surface area contributed by atoms with E-state index in [4.69, 9.17) is 0 Å². The van der Waals surface area contributed by atoms with Gasteiger partial charge in [-0.2, -0.15) is 0 Å². The number of halogens is 1. The Labute approximate surface area is 126 Å². The van der Waals surface area contributed by atoms with Crippen LogP contribution in [0.25, 0.3) is 0 Å². The van der Waals surface area contributed by atoms with Gasteiger partial charge in [-0.15, -0.1) is 0 Å². The van der Waals surface area contributed by atoms with E-state index in [1.165, 1.54) is 12.1 Å². The lowest BCUT2D eigenvalue weighted by molar-refractivity contribution is -0.148. The summed E-state index contributed by atoms with van der Waals surface area (Å²) in [4.78, 5) is 34.6. The number of anilines is 1. The predicted molar refractivity (Wildman–Crippen MR) is 75.3 cm³/mol. The van der Waals surface area contributed by atoms with Gasteiger partial charge in [0.05, 0.1) is 19.9 Å². The number of benzene rings is 1. The molecule has 0 heterocycles. The van der Waals surface area contributed by atoms with Crippen LogP contribution in [0.3, 0.4) is 0 Å². The third-order valence-corrected chi connectivity index (χ3v) is 2.87. The summed E-state index contributed by atoms with van der Waals surface area (Å²) in [5.41, 5.74) is 5.50. The summed E-state index contributed by atoms with van der Waals surface area (Å²) in [6.45, 7) is 1.65. The van der Waals surface area contributed by atoms with Gasteiger partial charge in [0.25, 0.3) is 0 Å². The van der Waals surface area contributed by atoms with Gasteiger partial charge in [-0.05, 0) is 18.6 Å². The number of nitrogens with one attached hydrogen (secondary N) is 2. The van der Waals surface area contributed by atoms with Crippen molar-refractivity contribution in [3.05, 3.63) is 29.6 Å². The lowest BCUT2D eigenvalue weighted by Gasteiger charge is -2.18. The van der Waals surface area contributed by atoms with Crippen molar-refractivity contribution in [3.63, 3.8) is 0 Å². The number of carbonyl (C=O) groups is 3. The molecular weight excluding hydrogens is 295 g/mol. The van der Waals surface area contributed by atoms with Crippen LogP contribution in [0, 0.1) is 12.7 Å². The largest absolute Gasteiger partial charge is 0.469 e. The molecule has 0 aliphatic carbocycles. The molecule has 0 fully saturated rings. The van der Waals surface area contributed by atoms with Gasteiger partial charge in [-0.1, -0.05) is 12.1 Å². The quantitative estimate of drug-likeness (QED) is 0.435. The summed E-state index contributed by atoms with van der Waals surface area (Å²) in [5.74, 6) is -3.02. The van der Waals surface area contributed by atoms with Gasteiger partial charge in [0.2, 0.25) is 0 Å². The molecule has 0 bridgehead atoms. The van der Waals surface area contributed by atoms with E-state index in [1.807, 2.05) is 0 Å². The second-order valence-corrected chi connectivity index (χ2v) is 4.38. The number of carbonyl (C=O) groups excluding carboxylic acids is 3. The average molecular weight is 312 g/mol. The Morgan fingerprint density at radius 1 is 1.23 bits per heavy atom. The lowest BCUT2D eigenvalue weighted by Crippen LogP contribution is -2.47. The van der Waals surface area contributed by atoms with Gasteiger partial charge < -0.3 is 14.9 Å². The number of esters is 2. The number of Topliss-reactive ketones (excluding diaryl/α,β-unsaturated/α-hetero) is 1. The molecular formula is C14H17FN2O5. The topological polar surface area (TPSA) is 93.7 Å². The normalized spacial score (nSPS) is 11.5. The molecule has 1 aromatic rings. The molecule has 0 aliphatic rings. The van der Waals surface area contributed by atoms with Gasteiger partial charge in [-0.3, -0.25) is 9.59 Å². The molecule has 0 spiro atoms. The summed E-state index contributed by atoms with van der Waals surface area (Å²) in [5, 5.41) is 0. The second kappa shape index (κ2) is 8.08. The standard InChI is InChI=1S/C14H17FN2O5/c1-8-5-4-6-9(15)12(8)16-17-13(14(20)22-3)10(18)7-11(19)21-2/h4-6,13,16-17H,7H2,1-3H3. The smallest absolute Gasteiger partial charge is 0.332 e. The van der Waals surface area contributed by atoms with Crippen LogP contribution in [-0.2, 0) is 23.9 Å². The Hall–Kier alpha value is -2.48. The Balaban J connectivity index is 2.84. The van der Waals surface area contributed by atoms with Crippen LogP contribution in [0.1, 0.15) is 12.0 Å². The van der Waals surface area contributed by atoms with Crippen LogP contribution in [0.2, 0.25) is 0 Å².